The number of hydrogen-bond donors (Lipinski definition) is 2. The van der Waals surface area contributed by atoms with Crippen LogP contribution in [0.1, 0.15) is 18.1 Å². The van der Waals surface area contributed by atoms with Crippen LogP contribution in [0.2, 0.25) is 0 Å². The van der Waals surface area contributed by atoms with Gasteiger partial charge in [0.25, 0.3) is 5.88 Å². The van der Waals surface area contributed by atoms with E-state index in [-0.39, 0.29) is 40.6 Å². The highest BCUT2D eigenvalue weighted by molar-refractivity contribution is 6.09. The average molecular weight is 503 g/mol. The van der Waals surface area contributed by atoms with E-state index in [0.717, 1.165) is 6.07 Å². The molecule has 37 heavy (non-hydrogen) atoms. The van der Waals surface area contributed by atoms with Crippen molar-refractivity contribution in [3.8, 4) is 23.1 Å². The van der Waals surface area contributed by atoms with E-state index < -0.39 is 28.6 Å². The molecule has 1 unspecified atom stereocenters. The zero-order chi connectivity index (χ0) is 25.9. The van der Waals surface area contributed by atoms with Gasteiger partial charge in [-0.25, -0.2) is 28.7 Å². The summed E-state index contributed by atoms with van der Waals surface area (Å²) in [6, 6.07) is 10.5. The van der Waals surface area contributed by atoms with Crippen LogP contribution in [-0.2, 0) is 10.2 Å². The van der Waals surface area contributed by atoms with Crippen LogP contribution in [0.5, 0.6) is 11.6 Å². The molecule has 1 aliphatic heterocycles. The molecule has 184 valence electrons. The van der Waals surface area contributed by atoms with E-state index in [1.165, 1.54) is 23.0 Å². The molecule has 1 atom stereocenters. The molecule has 3 N–H and O–H groups in total. The van der Waals surface area contributed by atoms with E-state index in [2.05, 4.69) is 25.3 Å². The number of carbonyl (C=O) groups is 1. The minimum absolute atomic E-state index is 0.00879. The smallest absolute Gasteiger partial charge is 0.264 e. The van der Waals surface area contributed by atoms with Crippen molar-refractivity contribution in [1.82, 2.24) is 24.3 Å². The van der Waals surface area contributed by atoms with E-state index in [4.69, 9.17) is 10.5 Å². The Bertz CT molecular complexity index is 1730. The summed E-state index contributed by atoms with van der Waals surface area (Å²) in [5, 5.41) is 2.76. The fraction of sp³-hybridized carbons (Fsp3) is 0.0800. The molecule has 5 aromatic rings. The van der Waals surface area contributed by atoms with Crippen molar-refractivity contribution in [2.24, 2.45) is 0 Å². The highest BCUT2D eigenvalue weighted by Gasteiger charge is 2.47. The molecule has 0 aliphatic carbocycles. The molecular formula is C25H16F3N7O2. The first-order chi connectivity index (χ1) is 17.8. The Labute approximate surface area is 206 Å². The zero-order valence-electron chi connectivity index (χ0n) is 19.0. The molecule has 9 nitrogen and oxygen atoms in total. The number of halogens is 3. The van der Waals surface area contributed by atoms with Crippen LogP contribution in [0, 0.1) is 17.5 Å². The maximum Gasteiger partial charge on any atom is 0.264 e. The van der Waals surface area contributed by atoms with Gasteiger partial charge in [-0.05, 0) is 24.6 Å². The number of nitrogens with one attached hydrogen (secondary N) is 1. The van der Waals surface area contributed by atoms with E-state index in [1.54, 1.807) is 6.92 Å². The van der Waals surface area contributed by atoms with Gasteiger partial charge in [0, 0.05) is 18.6 Å². The molecule has 0 saturated heterocycles. The summed E-state index contributed by atoms with van der Waals surface area (Å²) < 4.78 is 49.0. The second-order valence-electron chi connectivity index (χ2n) is 8.47. The lowest BCUT2D eigenvalue weighted by Crippen LogP contribution is -2.32. The van der Waals surface area contributed by atoms with Crippen LogP contribution in [0.4, 0.5) is 24.8 Å². The van der Waals surface area contributed by atoms with Gasteiger partial charge in [-0.2, -0.15) is 4.39 Å². The van der Waals surface area contributed by atoms with Crippen molar-refractivity contribution in [1.29, 1.82) is 0 Å². The number of aromatic nitrogens is 5. The van der Waals surface area contributed by atoms with Gasteiger partial charge < -0.3 is 20.2 Å². The minimum Gasteiger partial charge on any atom is -0.429 e. The Hall–Kier alpha value is -5.00. The summed E-state index contributed by atoms with van der Waals surface area (Å²) in [5.41, 5.74) is 6.53. The van der Waals surface area contributed by atoms with Gasteiger partial charge in [0.05, 0.1) is 5.56 Å². The third-order valence-electron chi connectivity index (χ3n) is 6.25. The normalized spacial score (nSPS) is 16.6. The van der Waals surface area contributed by atoms with Gasteiger partial charge in [-0.3, -0.25) is 4.79 Å². The number of hydrogen-bond acceptors (Lipinski definition) is 7. The molecule has 0 fully saturated rings. The van der Waals surface area contributed by atoms with Crippen molar-refractivity contribution < 1.29 is 22.7 Å². The van der Waals surface area contributed by atoms with Gasteiger partial charge in [0.1, 0.15) is 22.7 Å². The molecule has 6 rings (SSSR count). The molecule has 3 aromatic heterocycles. The van der Waals surface area contributed by atoms with Crippen molar-refractivity contribution in [3.63, 3.8) is 0 Å². The van der Waals surface area contributed by atoms with Crippen LogP contribution in [0.3, 0.4) is 0 Å². The number of nitrogen functional groups attached to an aromatic ring is 1. The van der Waals surface area contributed by atoms with Crippen molar-refractivity contribution in [2.75, 3.05) is 11.1 Å². The first-order valence-electron chi connectivity index (χ1n) is 11.0. The molecule has 0 bridgehead atoms. The monoisotopic (exact) mass is 503 g/mol. The quantitative estimate of drug-likeness (QED) is 0.352. The second-order valence-corrected chi connectivity index (χ2v) is 8.47. The minimum atomic E-state index is -1.52. The van der Waals surface area contributed by atoms with Gasteiger partial charge in [0.15, 0.2) is 17.5 Å². The topological polar surface area (TPSA) is 120 Å². The maximum atomic E-state index is 14.3. The zero-order valence-corrected chi connectivity index (χ0v) is 19.0. The molecule has 0 spiro atoms. The van der Waals surface area contributed by atoms with Gasteiger partial charge in [-0.1, -0.05) is 30.3 Å². The lowest BCUT2D eigenvalue weighted by molar-refractivity contribution is -0.119. The Morgan fingerprint density at radius 3 is 2.57 bits per heavy atom. The van der Waals surface area contributed by atoms with Crippen molar-refractivity contribution in [2.45, 2.75) is 12.3 Å². The molecule has 2 aromatic carbocycles. The third kappa shape index (κ3) is 3.37. The van der Waals surface area contributed by atoms with E-state index >= 15 is 0 Å². The summed E-state index contributed by atoms with van der Waals surface area (Å²) in [7, 11) is 0. The number of fused-ring (bicyclic) bond motifs is 2. The van der Waals surface area contributed by atoms with Crippen molar-refractivity contribution >= 4 is 23.2 Å². The largest absolute Gasteiger partial charge is 0.429 e. The highest BCUT2D eigenvalue weighted by atomic mass is 19.2. The number of anilines is 2. The highest BCUT2D eigenvalue weighted by Crippen LogP contribution is 2.45. The second kappa shape index (κ2) is 8.01. The van der Waals surface area contributed by atoms with Crippen LogP contribution in [-0.4, -0.2) is 30.2 Å². The number of nitrogens with zero attached hydrogens (tertiary/aromatic N) is 5. The van der Waals surface area contributed by atoms with Crippen LogP contribution < -0.4 is 15.8 Å². The summed E-state index contributed by atoms with van der Waals surface area (Å²) >= 11 is 0. The molecular weight excluding hydrogens is 487 g/mol. The fourth-order valence-electron chi connectivity index (χ4n) is 4.35. The summed E-state index contributed by atoms with van der Waals surface area (Å²) in [4.78, 5) is 30.3. The van der Waals surface area contributed by atoms with E-state index in [9.17, 15) is 18.0 Å². The number of nitrogens with two attached hydrogens (primary N) is 1. The predicted octanol–water partition coefficient (Wildman–Crippen LogP) is 4.24. The van der Waals surface area contributed by atoms with Gasteiger partial charge in [0.2, 0.25) is 23.1 Å². The molecule has 0 radical (unpaired) electrons. The number of carbonyl (C=O) groups excluding carboxylic acids is 1. The molecule has 1 amide bonds. The number of ether oxygens (including phenoxy) is 1. The first-order valence-corrected chi connectivity index (χ1v) is 11.0. The summed E-state index contributed by atoms with van der Waals surface area (Å²) in [6.45, 7) is 1.73. The molecule has 1 aliphatic rings. The summed E-state index contributed by atoms with van der Waals surface area (Å²) in [6.07, 6.45) is 4.45. The molecule has 0 saturated carbocycles. The Balaban J connectivity index is 1.48. The van der Waals surface area contributed by atoms with Crippen LogP contribution in [0.25, 0.3) is 17.2 Å². The number of benzene rings is 2. The number of amides is 1. The van der Waals surface area contributed by atoms with E-state index in [1.807, 2.05) is 30.3 Å². The predicted molar refractivity (Wildman–Crippen MR) is 126 cm³/mol. The molecule has 4 heterocycles. The number of rotatable bonds is 4. The van der Waals surface area contributed by atoms with Gasteiger partial charge in [-0.15, -0.1) is 0 Å². The first kappa shape index (κ1) is 22.5. The average Bonchev–Trinajstić information content (AvgIpc) is 3.47. The Kier molecular flexibility index (Phi) is 4.87. The van der Waals surface area contributed by atoms with Crippen LogP contribution >= 0.6 is 0 Å². The van der Waals surface area contributed by atoms with Crippen LogP contribution in [0.15, 0.2) is 61.1 Å². The Morgan fingerprint density at radius 2 is 1.78 bits per heavy atom. The van der Waals surface area contributed by atoms with Crippen molar-refractivity contribution in [3.05, 3.63) is 89.6 Å². The summed E-state index contributed by atoms with van der Waals surface area (Å²) in [5.74, 6) is -5.31. The lowest BCUT2D eigenvalue weighted by atomic mass is 9.78. The Morgan fingerprint density at radius 1 is 1.03 bits per heavy atom. The standard InChI is InChI=1S/C25H16F3N7O2/c1-25(12-5-3-2-4-6-12)16-19(29)32-20(33-21(16)34-24(25)36)15-11-35-10-9-30-22(35)23(31-15)37-18-14(27)8-7-13(26)17(18)28/h2-11H,1H3,(H3,29,32,33,34,36). The fourth-order valence-corrected chi connectivity index (χ4v) is 4.35. The van der Waals surface area contributed by atoms with E-state index in [0.29, 0.717) is 17.2 Å². The third-order valence-corrected chi connectivity index (χ3v) is 6.25. The lowest BCUT2D eigenvalue weighted by Gasteiger charge is -2.23. The van der Waals surface area contributed by atoms with Gasteiger partial charge >= 0.3 is 0 Å². The molecule has 12 heteroatoms. The SMILES string of the molecule is CC1(c2ccccc2)C(=O)Nc2nc(-c3cn4ccnc4c(Oc4c(F)ccc(F)c4F)n3)nc(N)c21. The maximum absolute atomic E-state index is 14.3. The number of imidazole rings is 1.